The molecule has 2 fully saturated rings. The molecule has 0 aromatic carbocycles. The van der Waals surface area contributed by atoms with Crippen LogP contribution in [0.3, 0.4) is 0 Å². The van der Waals surface area contributed by atoms with Crippen LogP contribution in [0.4, 0.5) is 0 Å². The second-order valence-corrected chi connectivity index (χ2v) is 7.96. The van der Waals surface area contributed by atoms with Crippen LogP contribution in [-0.2, 0) is 0 Å². The van der Waals surface area contributed by atoms with E-state index >= 15 is 0 Å². The third-order valence-corrected chi connectivity index (χ3v) is 5.74. The van der Waals surface area contributed by atoms with E-state index in [2.05, 4.69) is 43.1 Å². The number of piperidine rings is 1. The van der Waals surface area contributed by atoms with E-state index < -0.39 is 0 Å². The van der Waals surface area contributed by atoms with Crippen molar-refractivity contribution in [2.24, 2.45) is 11.3 Å². The Morgan fingerprint density at radius 3 is 2.76 bits per heavy atom. The Kier molecular flexibility index (Phi) is 6.51. The summed E-state index contributed by atoms with van der Waals surface area (Å²) in [7, 11) is 4.65. The van der Waals surface area contributed by atoms with Gasteiger partial charge in [0.2, 0.25) is 0 Å². The molecule has 0 amide bonds. The van der Waals surface area contributed by atoms with Crippen molar-refractivity contribution in [1.82, 2.24) is 15.1 Å². The molecule has 1 N–H and O–H groups in total. The van der Waals surface area contributed by atoms with E-state index in [1.807, 2.05) is 0 Å². The average Bonchev–Trinajstić information content (AvgIpc) is 2.45. The first-order chi connectivity index (χ1) is 10.0. The lowest BCUT2D eigenvalue weighted by Crippen LogP contribution is -2.51. The fourth-order valence-corrected chi connectivity index (χ4v) is 4.68. The standard InChI is InChI=1S/C18H37N3/c1-5-19-14-18(10-6-8-16(2)12-18)15-21(4)17-9-7-11-20(3)13-17/h16-17,19H,5-15H2,1-4H3. The zero-order valence-corrected chi connectivity index (χ0v) is 14.8. The molecule has 0 bridgehead atoms. The fraction of sp³-hybridized carbons (Fsp3) is 1.00. The summed E-state index contributed by atoms with van der Waals surface area (Å²) in [5.41, 5.74) is 0.512. The first-order valence-corrected chi connectivity index (χ1v) is 9.14. The lowest BCUT2D eigenvalue weighted by atomic mass is 9.69. The van der Waals surface area contributed by atoms with Crippen molar-refractivity contribution in [2.75, 3.05) is 46.8 Å². The highest BCUT2D eigenvalue weighted by Crippen LogP contribution is 2.40. The molecule has 2 aliphatic rings. The molecule has 3 atom stereocenters. The summed E-state index contributed by atoms with van der Waals surface area (Å²) in [6, 6.07) is 0.763. The predicted octanol–water partition coefficient (Wildman–Crippen LogP) is 2.82. The normalized spacial score (nSPS) is 35.3. The van der Waals surface area contributed by atoms with Gasteiger partial charge in [0.1, 0.15) is 0 Å². The Labute approximate surface area is 132 Å². The van der Waals surface area contributed by atoms with Gasteiger partial charge in [-0.3, -0.25) is 0 Å². The minimum absolute atomic E-state index is 0.512. The highest BCUT2D eigenvalue weighted by Gasteiger charge is 2.37. The van der Waals surface area contributed by atoms with Gasteiger partial charge in [0.05, 0.1) is 0 Å². The Morgan fingerprint density at radius 1 is 1.29 bits per heavy atom. The van der Waals surface area contributed by atoms with Crippen LogP contribution in [0.1, 0.15) is 52.4 Å². The topological polar surface area (TPSA) is 18.5 Å². The Morgan fingerprint density at radius 2 is 2.10 bits per heavy atom. The summed E-state index contributed by atoms with van der Waals surface area (Å²) < 4.78 is 0. The largest absolute Gasteiger partial charge is 0.316 e. The summed E-state index contributed by atoms with van der Waals surface area (Å²) in [4.78, 5) is 5.19. The van der Waals surface area contributed by atoms with Crippen molar-refractivity contribution >= 4 is 0 Å². The van der Waals surface area contributed by atoms with Crippen molar-refractivity contribution in [3.8, 4) is 0 Å². The SMILES string of the molecule is CCNCC1(CN(C)C2CCCN(C)C2)CCCC(C)C1. The van der Waals surface area contributed by atoms with Gasteiger partial charge >= 0.3 is 0 Å². The number of hydrogen-bond acceptors (Lipinski definition) is 3. The number of hydrogen-bond donors (Lipinski definition) is 1. The molecular weight excluding hydrogens is 258 g/mol. The van der Waals surface area contributed by atoms with Gasteiger partial charge in [0.25, 0.3) is 0 Å². The number of nitrogens with one attached hydrogen (secondary N) is 1. The predicted molar refractivity (Wildman–Crippen MR) is 91.8 cm³/mol. The number of likely N-dealkylation sites (tertiary alicyclic amines) is 1. The van der Waals surface area contributed by atoms with Crippen molar-refractivity contribution in [2.45, 2.75) is 58.4 Å². The third-order valence-electron chi connectivity index (χ3n) is 5.74. The van der Waals surface area contributed by atoms with Crippen LogP contribution in [0.2, 0.25) is 0 Å². The fourth-order valence-electron chi connectivity index (χ4n) is 4.68. The van der Waals surface area contributed by atoms with Crippen molar-refractivity contribution < 1.29 is 0 Å². The minimum Gasteiger partial charge on any atom is -0.316 e. The molecule has 1 aliphatic heterocycles. The first-order valence-electron chi connectivity index (χ1n) is 9.14. The van der Waals surface area contributed by atoms with Gasteiger partial charge in [0.15, 0.2) is 0 Å². The molecule has 1 heterocycles. The van der Waals surface area contributed by atoms with Crippen molar-refractivity contribution in [1.29, 1.82) is 0 Å². The molecule has 1 saturated heterocycles. The lowest BCUT2D eigenvalue weighted by Gasteiger charge is -2.46. The maximum atomic E-state index is 3.66. The Hall–Kier alpha value is -0.120. The highest BCUT2D eigenvalue weighted by molar-refractivity contribution is 4.91. The van der Waals surface area contributed by atoms with Crippen LogP contribution in [0.15, 0.2) is 0 Å². The van der Waals surface area contributed by atoms with E-state index in [1.54, 1.807) is 0 Å². The molecule has 1 aliphatic carbocycles. The molecule has 21 heavy (non-hydrogen) atoms. The van der Waals surface area contributed by atoms with Crippen LogP contribution in [-0.4, -0.2) is 62.7 Å². The van der Waals surface area contributed by atoms with Crippen LogP contribution < -0.4 is 5.32 Å². The van der Waals surface area contributed by atoms with Crippen LogP contribution in [0.5, 0.6) is 0 Å². The number of rotatable bonds is 6. The Balaban J connectivity index is 1.96. The van der Waals surface area contributed by atoms with Gasteiger partial charge in [-0.25, -0.2) is 0 Å². The Bertz CT molecular complexity index is 307. The van der Waals surface area contributed by atoms with Gasteiger partial charge in [-0.05, 0) is 64.2 Å². The number of likely N-dealkylation sites (N-methyl/N-ethyl adjacent to an activating group) is 2. The maximum absolute atomic E-state index is 3.66. The molecule has 2 rings (SSSR count). The van der Waals surface area contributed by atoms with Crippen LogP contribution in [0, 0.1) is 11.3 Å². The molecule has 3 unspecified atom stereocenters. The summed E-state index contributed by atoms with van der Waals surface area (Å²) in [5.74, 6) is 0.903. The summed E-state index contributed by atoms with van der Waals surface area (Å²) >= 11 is 0. The molecule has 0 spiro atoms. The molecule has 0 radical (unpaired) electrons. The summed E-state index contributed by atoms with van der Waals surface area (Å²) in [6.45, 7) is 10.8. The highest BCUT2D eigenvalue weighted by atomic mass is 15.2. The van der Waals surface area contributed by atoms with E-state index in [-0.39, 0.29) is 0 Å². The average molecular weight is 296 g/mol. The molecule has 0 aromatic rings. The van der Waals surface area contributed by atoms with E-state index in [0.717, 1.165) is 18.5 Å². The second-order valence-electron chi connectivity index (χ2n) is 7.96. The lowest BCUT2D eigenvalue weighted by molar-refractivity contribution is 0.0508. The van der Waals surface area contributed by atoms with Gasteiger partial charge in [-0.2, -0.15) is 0 Å². The molecule has 124 valence electrons. The maximum Gasteiger partial charge on any atom is 0.0220 e. The summed E-state index contributed by atoms with van der Waals surface area (Å²) in [5, 5.41) is 3.66. The second kappa shape index (κ2) is 7.94. The summed E-state index contributed by atoms with van der Waals surface area (Å²) in [6.07, 6.45) is 8.43. The molecule has 3 heteroatoms. The molecule has 3 nitrogen and oxygen atoms in total. The van der Waals surface area contributed by atoms with Gasteiger partial charge in [-0.1, -0.05) is 26.7 Å². The van der Waals surface area contributed by atoms with Gasteiger partial charge in [0, 0.05) is 25.7 Å². The van der Waals surface area contributed by atoms with Crippen LogP contribution >= 0.6 is 0 Å². The smallest absolute Gasteiger partial charge is 0.0220 e. The van der Waals surface area contributed by atoms with E-state index in [1.165, 1.54) is 64.7 Å². The zero-order valence-electron chi connectivity index (χ0n) is 14.8. The quantitative estimate of drug-likeness (QED) is 0.813. The minimum atomic E-state index is 0.512. The van der Waals surface area contributed by atoms with E-state index in [4.69, 9.17) is 0 Å². The first kappa shape index (κ1) is 17.2. The number of nitrogens with zero attached hydrogens (tertiary/aromatic N) is 2. The zero-order chi connectivity index (χ0) is 15.3. The van der Waals surface area contributed by atoms with Crippen LogP contribution in [0.25, 0.3) is 0 Å². The molecule has 1 saturated carbocycles. The van der Waals surface area contributed by atoms with E-state index in [0.29, 0.717) is 5.41 Å². The van der Waals surface area contributed by atoms with Crippen molar-refractivity contribution in [3.63, 3.8) is 0 Å². The van der Waals surface area contributed by atoms with Gasteiger partial charge in [-0.15, -0.1) is 0 Å². The van der Waals surface area contributed by atoms with Crippen molar-refractivity contribution in [3.05, 3.63) is 0 Å². The molecular formula is C18H37N3. The van der Waals surface area contributed by atoms with E-state index in [9.17, 15) is 0 Å². The van der Waals surface area contributed by atoms with Gasteiger partial charge < -0.3 is 15.1 Å². The third kappa shape index (κ3) is 4.94. The monoisotopic (exact) mass is 295 g/mol. The molecule has 0 aromatic heterocycles.